The van der Waals surface area contributed by atoms with Gasteiger partial charge in [0.15, 0.2) is 0 Å². The Balaban J connectivity index is 0.000000541. The van der Waals surface area contributed by atoms with Crippen molar-refractivity contribution >= 4 is 5.97 Å². The van der Waals surface area contributed by atoms with Crippen LogP contribution in [-0.4, -0.2) is 36.1 Å². The topological polar surface area (TPSA) is 40.5 Å². The van der Waals surface area contributed by atoms with Gasteiger partial charge in [-0.05, 0) is 31.0 Å². The van der Waals surface area contributed by atoms with E-state index in [9.17, 15) is 0 Å². The lowest BCUT2D eigenvalue weighted by atomic mass is 10.1. The summed E-state index contributed by atoms with van der Waals surface area (Å²) in [6.07, 6.45) is 2.26. The largest absolute Gasteiger partial charge is 0.481 e. The van der Waals surface area contributed by atoms with Gasteiger partial charge in [-0.2, -0.15) is 0 Å². The lowest BCUT2D eigenvalue weighted by Gasteiger charge is -2.16. The summed E-state index contributed by atoms with van der Waals surface area (Å²) in [5.41, 5.74) is 2.84. The summed E-state index contributed by atoms with van der Waals surface area (Å²) in [5, 5.41) is 7.42. The molecule has 22 heavy (non-hydrogen) atoms. The molecule has 2 aromatic carbocycles. The molecule has 0 amide bonds. The van der Waals surface area contributed by atoms with Crippen molar-refractivity contribution in [2.45, 2.75) is 19.8 Å². The molecule has 0 fully saturated rings. The molecular formula is C19H25NO2. The third-order valence-corrected chi connectivity index (χ3v) is 3.25. The van der Waals surface area contributed by atoms with Crippen molar-refractivity contribution in [3.05, 3.63) is 71.8 Å². The Kier molecular flexibility index (Phi) is 8.61. The second kappa shape index (κ2) is 10.6. The summed E-state index contributed by atoms with van der Waals surface area (Å²) >= 11 is 0. The van der Waals surface area contributed by atoms with Crippen molar-refractivity contribution < 1.29 is 9.90 Å². The molecule has 0 spiro atoms. The highest BCUT2D eigenvalue weighted by Crippen LogP contribution is 2.03. The Hall–Kier alpha value is -2.13. The van der Waals surface area contributed by atoms with E-state index in [1.807, 2.05) is 0 Å². The highest BCUT2D eigenvalue weighted by molar-refractivity contribution is 5.62. The normalized spacial score (nSPS) is 9.95. The predicted octanol–water partition coefficient (Wildman–Crippen LogP) is 3.49. The standard InChI is InChI=1S/C17H21N.C2H4O2/c1-18(14-12-16-8-4-2-5-9-16)15-13-17-10-6-3-7-11-17;1-2(3)4/h2-11H,12-15H2,1H3;1H3,(H,3,4). The molecule has 2 aromatic rings. The number of rotatable bonds is 6. The zero-order valence-electron chi connectivity index (χ0n) is 13.4. The van der Waals surface area contributed by atoms with Crippen LogP contribution in [0, 0.1) is 0 Å². The molecule has 0 aromatic heterocycles. The summed E-state index contributed by atoms with van der Waals surface area (Å²) in [6, 6.07) is 21.4. The molecule has 0 aliphatic heterocycles. The minimum atomic E-state index is -0.833. The van der Waals surface area contributed by atoms with Crippen molar-refractivity contribution in [2.24, 2.45) is 0 Å². The number of likely N-dealkylation sites (N-methyl/N-ethyl adjacent to an activating group) is 1. The monoisotopic (exact) mass is 299 g/mol. The van der Waals surface area contributed by atoms with Gasteiger partial charge in [-0.15, -0.1) is 0 Å². The number of nitrogens with zero attached hydrogens (tertiary/aromatic N) is 1. The third-order valence-electron chi connectivity index (χ3n) is 3.25. The van der Waals surface area contributed by atoms with Crippen LogP contribution in [0.3, 0.4) is 0 Å². The second-order valence-electron chi connectivity index (χ2n) is 5.29. The molecular weight excluding hydrogens is 274 g/mol. The molecule has 0 aliphatic rings. The van der Waals surface area contributed by atoms with Gasteiger partial charge in [-0.3, -0.25) is 4.79 Å². The Labute approximate surface area is 133 Å². The van der Waals surface area contributed by atoms with Crippen LogP contribution in [0.5, 0.6) is 0 Å². The van der Waals surface area contributed by atoms with Crippen molar-refractivity contribution in [2.75, 3.05) is 20.1 Å². The molecule has 118 valence electrons. The third kappa shape index (κ3) is 8.93. The maximum Gasteiger partial charge on any atom is 0.300 e. The first kappa shape index (κ1) is 17.9. The van der Waals surface area contributed by atoms with Gasteiger partial charge in [-0.1, -0.05) is 60.7 Å². The molecule has 3 heteroatoms. The SMILES string of the molecule is CC(=O)O.CN(CCc1ccccc1)CCc1ccccc1. The quantitative estimate of drug-likeness (QED) is 0.887. The van der Waals surface area contributed by atoms with E-state index in [1.165, 1.54) is 11.1 Å². The summed E-state index contributed by atoms with van der Waals surface area (Å²) in [4.78, 5) is 11.4. The van der Waals surface area contributed by atoms with E-state index in [-0.39, 0.29) is 0 Å². The molecule has 3 nitrogen and oxygen atoms in total. The van der Waals surface area contributed by atoms with E-state index in [0.29, 0.717) is 0 Å². The number of hydrogen-bond acceptors (Lipinski definition) is 2. The van der Waals surface area contributed by atoms with Crippen molar-refractivity contribution in [3.8, 4) is 0 Å². The van der Waals surface area contributed by atoms with E-state index in [0.717, 1.165) is 32.9 Å². The fraction of sp³-hybridized carbons (Fsp3) is 0.316. The van der Waals surface area contributed by atoms with E-state index in [2.05, 4.69) is 72.6 Å². The van der Waals surface area contributed by atoms with Gasteiger partial charge >= 0.3 is 0 Å². The van der Waals surface area contributed by atoms with E-state index in [4.69, 9.17) is 9.90 Å². The summed E-state index contributed by atoms with van der Waals surface area (Å²) < 4.78 is 0. The number of benzene rings is 2. The van der Waals surface area contributed by atoms with Crippen LogP contribution in [0.15, 0.2) is 60.7 Å². The van der Waals surface area contributed by atoms with Gasteiger partial charge in [0.05, 0.1) is 0 Å². The Morgan fingerprint density at radius 1 is 0.864 bits per heavy atom. The lowest BCUT2D eigenvalue weighted by Crippen LogP contribution is -2.23. The van der Waals surface area contributed by atoms with Gasteiger partial charge in [0, 0.05) is 20.0 Å². The molecule has 0 bridgehead atoms. The maximum absolute atomic E-state index is 9.00. The lowest BCUT2D eigenvalue weighted by molar-refractivity contribution is -0.134. The predicted molar refractivity (Wildman–Crippen MR) is 91.1 cm³/mol. The number of carboxylic acids is 1. The summed E-state index contributed by atoms with van der Waals surface area (Å²) in [6.45, 7) is 3.33. The minimum Gasteiger partial charge on any atom is -0.481 e. The molecule has 0 saturated heterocycles. The number of carboxylic acid groups (broad SMARTS) is 1. The molecule has 0 atom stereocenters. The second-order valence-corrected chi connectivity index (χ2v) is 5.29. The number of hydrogen-bond donors (Lipinski definition) is 1. The van der Waals surface area contributed by atoms with Gasteiger partial charge in [0.25, 0.3) is 5.97 Å². The number of carbonyl (C=O) groups is 1. The van der Waals surface area contributed by atoms with Crippen molar-refractivity contribution in [1.82, 2.24) is 4.90 Å². The average molecular weight is 299 g/mol. The van der Waals surface area contributed by atoms with Crippen LogP contribution in [0.1, 0.15) is 18.1 Å². The smallest absolute Gasteiger partial charge is 0.300 e. The molecule has 0 aliphatic carbocycles. The molecule has 0 radical (unpaired) electrons. The zero-order chi connectivity index (χ0) is 16.2. The van der Waals surface area contributed by atoms with Crippen LogP contribution < -0.4 is 0 Å². The zero-order valence-corrected chi connectivity index (χ0v) is 13.4. The fourth-order valence-electron chi connectivity index (χ4n) is 2.04. The maximum atomic E-state index is 9.00. The van der Waals surface area contributed by atoms with Gasteiger partial charge in [0.1, 0.15) is 0 Å². The van der Waals surface area contributed by atoms with Crippen molar-refractivity contribution in [3.63, 3.8) is 0 Å². The first-order valence-corrected chi connectivity index (χ1v) is 7.54. The molecule has 0 unspecified atom stereocenters. The first-order valence-electron chi connectivity index (χ1n) is 7.54. The van der Waals surface area contributed by atoms with Gasteiger partial charge < -0.3 is 10.0 Å². The van der Waals surface area contributed by atoms with Crippen LogP contribution >= 0.6 is 0 Å². The Morgan fingerprint density at radius 2 is 1.18 bits per heavy atom. The minimum absolute atomic E-state index is 0.833. The molecule has 2 rings (SSSR count). The molecule has 0 heterocycles. The Morgan fingerprint density at radius 3 is 1.50 bits per heavy atom. The highest BCUT2D eigenvalue weighted by Gasteiger charge is 2.00. The van der Waals surface area contributed by atoms with E-state index >= 15 is 0 Å². The molecule has 1 N–H and O–H groups in total. The average Bonchev–Trinajstić information content (AvgIpc) is 2.52. The van der Waals surface area contributed by atoms with Crippen LogP contribution in [0.4, 0.5) is 0 Å². The van der Waals surface area contributed by atoms with E-state index in [1.54, 1.807) is 0 Å². The van der Waals surface area contributed by atoms with Crippen LogP contribution in [0.2, 0.25) is 0 Å². The Bertz CT molecular complexity index is 478. The highest BCUT2D eigenvalue weighted by atomic mass is 16.4. The van der Waals surface area contributed by atoms with Crippen molar-refractivity contribution in [1.29, 1.82) is 0 Å². The fourth-order valence-corrected chi connectivity index (χ4v) is 2.04. The van der Waals surface area contributed by atoms with E-state index < -0.39 is 5.97 Å². The van der Waals surface area contributed by atoms with Crippen LogP contribution in [-0.2, 0) is 17.6 Å². The molecule has 0 saturated carbocycles. The number of aliphatic carboxylic acids is 1. The summed E-state index contributed by atoms with van der Waals surface area (Å²) in [7, 11) is 2.20. The van der Waals surface area contributed by atoms with Gasteiger partial charge in [0.2, 0.25) is 0 Å². The summed E-state index contributed by atoms with van der Waals surface area (Å²) in [5.74, 6) is -0.833. The van der Waals surface area contributed by atoms with Gasteiger partial charge in [-0.25, -0.2) is 0 Å². The first-order chi connectivity index (χ1) is 10.6. The van der Waals surface area contributed by atoms with Crippen LogP contribution in [0.25, 0.3) is 0 Å².